The molecule has 1 aromatic rings. The molecule has 1 N–H and O–H groups in total. The SMILES string of the molecule is Fc1c(CNC2CC2)ccnc1N1CCCC1. The van der Waals surface area contributed by atoms with Gasteiger partial charge in [0.1, 0.15) is 0 Å². The van der Waals surface area contributed by atoms with E-state index in [9.17, 15) is 4.39 Å². The lowest BCUT2D eigenvalue weighted by Crippen LogP contribution is -2.22. The van der Waals surface area contributed by atoms with E-state index in [0.29, 0.717) is 18.4 Å². The highest BCUT2D eigenvalue weighted by molar-refractivity contribution is 5.43. The van der Waals surface area contributed by atoms with Gasteiger partial charge in [-0.05, 0) is 31.7 Å². The number of hydrogen-bond acceptors (Lipinski definition) is 3. The summed E-state index contributed by atoms with van der Waals surface area (Å²) in [6.07, 6.45) is 6.47. The van der Waals surface area contributed by atoms with Crippen LogP contribution in [0.25, 0.3) is 0 Å². The van der Waals surface area contributed by atoms with Crippen LogP contribution in [-0.4, -0.2) is 24.1 Å². The van der Waals surface area contributed by atoms with Crippen LogP contribution in [0.5, 0.6) is 0 Å². The van der Waals surface area contributed by atoms with Gasteiger partial charge in [0, 0.05) is 37.4 Å². The summed E-state index contributed by atoms with van der Waals surface area (Å²) in [6, 6.07) is 2.39. The predicted molar refractivity (Wildman–Crippen MR) is 65.5 cm³/mol. The second-order valence-corrected chi connectivity index (χ2v) is 4.96. The Bertz CT molecular complexity index is 398. The van der Waals surface area contributed by atoms with E-state index in [2.05, 4.69) is 15.2 Å². The molecule has 17 heavy (non-hydrogen) atoms. The minimum Gasteiger partial charge on any atom is -0.354 e. The van der Waals surface area contributed by atoms with E-state index in [4.69, 9.17) is 0 Å². The third kappa shape index (κ3) is 2.41. The lowest BCUT2D eigenvalue weighted by molar-refractivity contribution is 0.578. The van der Waals surface area contributed by atoms with E-state index in [1.807, 2.05) is 0 Å². The molecule has 1 aromatic heterocycles. The van der Waals surface area contributed by atoms with Crippen molar-refractivity contribution in [1.82, 2.24) is 10.3 Å². The van der Waals surface area contributed by atoms with Gasteiger partial charge in [-0.1, -0.05) is 0 Å². The highest BCUT2D eigenvalue weighted by Crippen LogP contribution is 2.24. The molecule has 0 bridgehead atoms. The molecule has 2 fully saturated rings. The van der Waals surface area contributed by atoms with Crippen LogP contribution in [0.15, 0.2) is 12.3 Å². The summed E-state index contributed by atoms with van der Waals surface area (Å²) < 4.78 is 14.3. The van der Waals surface area contributed by atoms with Gasteiger partial charge in [0.15, 0.2) is 11.6 Å². The fraction of sp³-hybridized carbons (Fsp3) is 0.615. The number of nitrogens with zero attached hydrogens (tertiary/aromatic N) is 2. The molecule has 1 aliphatic carbocycles. The van der Waals surface area contributed by atoms with Gasteiger partial charge in [0.2, 0.25) is 0 Å². The molecule has 1 aliphatic heterocycles. The zero-order valence-corrected chi connectivity index (χ0v) is 9.95. The van der Waals surface area contributed by atoms with Crippen molar-refractivity contribution >= 4 is 5.82 Å². The summed E-state index contributed by atoms with van der Waals surface area (Å²) in [5, 5.41) is 3.35. The summed E-state index contributed by atoms with van der Waals surface area (Å²) in [6.45, 7) is 2.49. The van der Waals surface area contributed by atoms with Crippen molar-refractivity contribution in [3.05, 3.63) is 23.6 Å². The van der Waals surface area contributed by atoms with E-state index in [1.54, 1.807) is 12.3 Å². The maximum atomic E-state index is 14.3. The lowest BCUT2D eigenvalue weighted by atomic mass is 10.2. The molecule has 1 saturated carbocycles. The third-order valence-corrected chi connectivity index (χ3v) is 3.51. The van der Waals surface area contributed by atoms with Gasteiger partial charge in [0.05, 0.1) is 0 Å². The average Bonchev–Trinajstić information content (AvgIpc) is 3.01. The minimum absolute atomic E-state index is 0.137. The van der Waals surface area contributed by atoms with Crippen LogP contribution in [0, 0.1) is 5.82 Å². The molecule has 0 atom stereocenters. The average molecular weight is 235 g/mol. The number of hydrogen-bond donors (Lipinski definition) is 1. The number of pyridine rings is 1. The van der Waals surface area contributed by atoms with Crippen LogP contribution in [0.4, 0.5) is 10.2 Å². The standard InChI is InChI=1S/C13H18FN3/c14-12-10(9-16-11-3-4-11)5-6-15-13(12)17-7-1-2-8-17/h5-6,11,16H,1-4,7-9H2. The lowest BCUT2D eigenvalue weighted by Gasteiger charge is -2.18. The predicted octanol–water partition coefficient (Wildman–Crippen LogP) is 2.07. The summed E-state index contributed by atoms with van der Waals surface area (Å²) >= 11 is 0. The van der Waals surface area contributed by atoms with Gasteiger partial charge >= 0.3 is 0 Å². The van der Waals surface area contributed by atoms with Gasteiger partial charge in [-0.2, -0.15) is 0 Å². The first-order valence-electron chi connectivity index (χ1n) is 6.46. The first-order valence-corrected chi connectivity index (χ1v) is 6.46. The minimum atomic E-state index is -0.137. The molecule has 0 unspecified atom stereocenters. The van der Waals surface area contributed by atoms with Gasteiger partial charge in [0.25, 0.3) is 0 Å². The smallest absolute Gasteiger partial charge is 0.170 e. The van der Waals surface area contributed by atoms with E-state index < -0.39 is 0 Å². The van der Waals surface area contributed by atoms with Crippen LogP contribution in [0.2, 0.25) is 0 Å². The Morgan fingerprint density at radius 1 is 1.35 bits per heavy atom. The Balaban J connectivity index is 1.75. The number of nitrogens with one attached hydrogen (secondary N) is 1. The van der Waals surface area contributed by atoms with Gasteiger partial charge in [-0.15, -0.1) is 0 Å². The van der Waals surface area contributed by atoms with Crippen molar-refractivity contribution in [1.29, 1.82) is 0 Å². The van der Waals surface area contributed by atoms with Crippen LogP contribution in [-0.2, 0) is 6.54 Å². The fourth-order valence-electron chi connectivity index (χ4n) is 2.30. The monoisotopic (exact) mass is 235 g/mol. The molecule has 2 heterocycles. The fourth-order valence-corrected chi connectivity index (χ4v) is 2.30. The molecule has 0 amide bonds. The van der Waals surface area contributed by atoms with Crippen molar-refractivity contribution in [3.8, 4) is 0 Å². The quantitative estimate of drug-likeness (QED) is 0.866. The summed E-state index contributed by atoms with van der Waals surface area (Å²) in [5.74, 6) is 0.403. The number of rotatable bonds is 4. The Kier molecular flexibility index (Phi) is 2.97. The maximum Gasteiger partial charge on any atom is 0.170 e. The molecule has 4 heteroatoms. The first-order chi connectivity index (χ1) is 8.34. The van der Waals surface area contributed by atoms with Crippen molar-refractivity contribution in [3.63, 3.8) is 0 Å². The van der Waals surface area contributed by atoms with E-state index in [1.165, 1.54) is 12.8 Å². The Labute approximate surface area is 101 Å². The van der Waals surface area contributed by atoms with Crippen molar-refractivity contribution < 1.29 is 4.39 Å². The molecular formula is C13H18FN3. The number of halogens is 1. The molecule has 1 saturated heterocycles. The van der Waals surface area contributed by atoms with Crippen molar-refractivity contribution in [2.75, 3.05) is 18.0 Å². The van der Waals surface area contributed by atoms with E-state index >= 15 is 0 Å². The molecule has 3 nitrogen and oxygen atoms in total. The van der Waals surface area contributed by atoms with Crippen molar-refractivity contribution in [2.24, 2.45) is 0 Å². The summed E-state index contributed by atoms with van der Waals surface area (Å²) in [7, 11) is 0. The normalized spacial score (nSPS) is 19.9. The Morgan fingerprint density at radius 3 is 2.82 bits per heavy atom. The number of anilines is 1. The topological polar surface area (TPSA) is 28.2 Å². The van der Waals surface area contributed by atoms with Crippen molar-refractivity contribution in [2.45, 2.75) is 38.3 Å². The zero-order chi connectivity index (χ0) is 11.7. The highest BCUT2D eigenvalue weighted by atomic mass is 19.1. The Hall–Kier alpha value is -1.16. The molecule has 0 spiro atoms. The second kappa shape index (κ2) is 4.61. The van der Waals surface area contributed by atoms with E-state index in [-0.39, 0.29) is 5.82 Å². The summed E-state index contributed by atoms with van der Waals surface area (Å²) in [4.78, 5) is 6.24. The van der Waals surface area contributed by atoms with Gasteiger partial charge < -0.3 is 10.2 Å². The molecular weight excluding hydrogens is 217 g/mol. The molecule has 0 aromatic carbocycles. The largest absolute Gasteiger partial charge is 0.354 e. The van der Waals surface area contributed by atoms with Crippen LogP contribution >= 0.6 is 0 Å². The van der Waals surface area contributed by atoms with Gasteiger partial charge in [-0.3, -0.25) is 0 Å². The first kappa shape index (κ1) is 11.0. The van der Waals surface area contributed by atoms with E-state index in [0.717, 1.165) is 31.5 Å². The molecule has 0 radical (unpaired) electrons. The molecule has 92 valence electrons. The van der Waals surface area contributed by atoms with Crippen LogP contribution in [0.3, 0.4) is 0 Å². The molecule has 3 rings (SSSR count). The van der Waals surface area contributed by atoms with Crippen LogP contribution in [0.1, 0.15) is 31.2 Å². The maximum absolute atomic E-state index is 14.3. The second-order valence-electron chi connectivity index (χ2n) is 4.96. The van der Waals surface area contributed by atoms with Crippen LogP contribution < -0.4 is 10.2 Å². The molecule has 2 aliphatic rings. The number of aromatic nitrogens is 1. The Morgan fingerprint density at radius 2 is 2.12 bits per heavy atom. The highest BCUT2D eigenvalue weighted by Gasteiger charge is 2.22. The zero-order valence-electron chi connectivity index (χ0n) is 9.95. The summed E-state index contributed by atoms with van der Waals surface area (Å²) in [5.41, 5.74) is 0.744. The third-order valence-electron chi connectivity index (χ3n) is 3.51. The van der Waals surface area contributed by atoms with Gasteiger partial charge in [-0.25, -0.2) is 9.37 Å².